The maximum absolute atomic E-state index is 13.1. The second-order valence-corrected chi connectivity index (χ2v) is 6.42. The number of hydrogen-bond donors (Lipinski definition) is 0. The van der Waals surface area contributed by atoms with Gasteiger partial charge in [-0.15, -0.1) is 0 Å². The van der Waals surface area contributed by atoms with Crippen molar-refractivity contribution in [3.8, 4) is 11.1 Å². The fourth-order valence-electron chi connectivity index (χ4n) is 3.06. The molecule has 2 aromatic rings. The van der Waals surface area contributed by atoms with Crippen LogP contribution in [-0.2, 0) is 6.18 Å². The number of alkyl halides is 3. The van der Waals surface area contributed by atoms with Gasteiger partial charge in [0.1, 0.15) is 0 Å². The molecule has 0 N–H and O–H groups in total. The third-order valence-electron chi connectivity index (χ3n) is 4.43. The molecule has 2 aromatic carbocycles. The van der Waals surface area contributed by atoms with Crippen molar-refractivity contribution in [1.82, 2.24) is 0 Å². The largest absolute Gasteiger partial charge is 0.416 e. The van der Waals surface area contributed by atoms with E-state index in [1.165, 1.54) is 17.7 Å². The van der Waals surface area contributed by atoms with Gasteiger partial charge in [0, 0.05) is 0 Å². The van der Waals surface area contributed by atoms with Crippen molar-refractivity contribution in [2.45, 2.75) is 53.1 Å². The molecule has 1 atom stereocenters. The Labute approximate surface area is 136 Å². The Hall–Kier alpha value is -1.77. The van der Waals surface area contributed by atoms with Gasteiger partial charge < -0.3 is 0 Å². The molecule has 0 aliphatic heterocycles. The first-order valence-electron chi connectivity index (χ1n) is 7.94. The number of halogens is 3. The van der Waals surface area contributed by atoms with E-state index in [2.05, 4.69) is 26.0 Å². The molecule has 0 aliphatic carbocycles. The first-order valence-corrected chi connectivity index (χ1v) is 7.94. The Morgan fingerprint density at radius 1 is 0.913 bits per heavy atom. The number of benzene rings is 2. The van der Waals surface area contributed by atoms with Crippen LogP contribution < -0.4 is 0 Å². The van der Waals surface area contributed by atoms with E-state index in [9.17, 15) is 13.2 Å². The molecular formula is C20H23F3. The van der Waals surface area contributed by atoms with E-state index in [1.54, 1.807) is 6.92 Å². The summed E-state index contributed by atoms with van der Waals surface area (Å²) in [6.45, 7) is 9.96. The summed E-state index contributed by atoms with van der Waals surface area (Å²) in [5, 5.41) is 0. The summed E-state index contributed by atoms with van der Waals surface area (Å²) in [5.74, 6) is 0.449. The average molecular weight is 320 g/mol. The van der Waals surface area contributed by atoms with Gasteiger partial charge in [-0.25, -0.2) is 0 Å². The average Bonchev–Trinajstić information content (AvgIpc) is 2.44. The van der Waals surface area contributed by atoms with Crippen molar-refractivity contribution in [1.29, 1.82) is 0 Å². The highest BCUT2D eigenvalue weighted by atomic mass is 19.4. The molecule has 0 bridgehead atoms. The van der Waals surface area contributed by atoms with Crippen LogP contribution in [0.5, 0.6) is 0 Å². The van der Waals surface area contributed by atoms with Crippen LogP contribution in [0.4, 0.5) is 13.2 Å². The van der Waals surface area contributed by atoms with Crippen LogP contribution in [-0.4, -0.2) is 0 Å². The standard InChI is InChI=1S/C20H23F3/c1-6-13(3)16-9-14(4)19(15(5)10-16)17-7-12(2)8-18(11-17)20(21,22)23/h7-11,13H,6H2,1-5H3. The Morgan fingerprint density at radius 2 is 1.48 bits per heavy atom. The van der Waals surface area contributed by atoms with Gasteiger partial charge in [0.2, 0.25) is 0 Å². The number of rotatable bonds is 3. The van der Waals surface area contributed by atoms with E-state index < -0.39 is 11.7 Å². The monoisotopic (exact) mass is 320 g/mol. The van der Waals surface area contributed by atoms with Gasteiger partial charge in [0.05, 0.1) is 5.56 Å². The summed E-state index contributed by atoms with van der Waals surface area (Å²) >= 11 is 0. The normalized spacial score (nSPS) is 13.2. The molecule has 0 aromatic heterocycles. The highest BCUT2D eigenvalue weighted by molar-refractivity contribution is 5.72. The van der Waals surface area contributed by atoms with Crippen LogP contribution in [0.1, 0.15) is 54.0 Å². The SMILES string of the molecule is CCC(C)c1cc(C)c(-c2cc(C)cc(C(F)(F)F)c2)c(C)c1. The van der Waals surface area contributed by atoms with Crippen LogP contribution in [0, 0.1) is 20.8 Å². The van der Waals surface area contributed by atoms with Crippen LogP contribution in [0.15, 0.2) is 30.3 Å². The summed E-state index contributed by atoms with van der Waals surface area (Å²) in [5.41, 5.74) is 4.89. The molecule has 3 heteroatoms. The Balaban J connectivity index is 2.61. The fraction of sp³-hybridized carbons (Fsp3) is 0.400. The van der Waals surface area contributed by atoms with Gasteiger partial charge in [-0.2, -0.15) is 13.2 Å². The van der Waals surface area contributed by atoms with Gasteiger partial charge in [-0.1, -0.05) is 32.0 Å². The molecule has 0 spiro atoms. The number of hydrogen-bond acceptors (Lipinski definition) is 0. The van der Waals surface area contributed by atoms with Gasteiger partial charge >= 0.3 is 6.18 Å². The van der Waals surface area contributed by atoms with E-state index in [-0.39, 0.29) is 0 Å². The third-order valence-corrected chi connectivity index (χ3v) is 4.43. The topological polar surface area (TPSA) is 0 Å². The van der Waals surface area contributed by atoms with E-state index >= 15 is 0 Å². The Bertz CT molecular complexity index is 688. The molecule has 0 amide bonds. The lowest BCUT2D eigenvalue weighted by Crippen LogP contribution is -2.06. The van der Waals surface area contributed by atoms with Crippen molar-refractivity contribution in [2.75, 3.05) is 0 Å². The third kappa shape index (κ3) is 3.77. The van der Waals surface area contributed by atoms with Gasteiger partial charge in [-0.05, 0) is 78.6 Å². The molecule has 0 fully saturated rings. The molecule has 0 radical (unpaired) electrons. The summed E-state index contributed by atoms with van der Waals surface area (Å²) < 4.78 is 39.2. The van der Waals surface area contributed by atoms with Crippen molar-refractivity contribution in [3.63, 3.8) is 0 Å². The molecule has 0 saturated heterocycles. The molecule has 0 aliphatic rings. The van der Waals surface area contributed by atoms with E-state index in [0.717, 1.165) is 23.1 Å². The van der Waals surface area contributed by atoms with Crippen molar-refractivity contribution in [2.24, 2.45) is 0 Å². The van der Waals surface area contributed by atoms with Crippen LogP contribution in [0.2, 0.25) is 0 Å². The van der Waals surface area contributed by atoms with Gasteiger partial charge in [0.15, 0.2) is 0 Å². The second kappa shape index (κ2) is 6.38. The van der Waals surface area contributed by atoms with Crippen molar-refractivity contribution < 1.29 is 13.2 Å². The predicted octanol–water partition coefficient (Wildman–Crippen LogP) is 6.81. The zero-order valence-electron chi connectivity index (χ0n) is 14.3. The molecule has 1 unspecified atom stereocenters. The lowest BCUT2D eigenvalue weighted by Gasteiger charge is -2.18. The Kier molecular flexibility index (Phi) is 4.88. The zero-order chi connectivity index (χ0) is 17.4. The van der Waals surface area contributed by atoms with Crippen LogP contribution in [0.25, 0.3) is 11.1 Å². The maximum atomic E-state index is 13.1. The quantitative estimate of drug-likeness (QED) is 0.582. The van der Waals surface area contributed by atoms with Crippen LogP contribution >= 0.6 is 0 Å². The highest BCUT2D eigenvalue weighted by Crippen LogP contribution is 2.36. The first kappa shape index (κ1) is 17.6. The zero-order valence-corrected chi connectivity index (χ0v) is 14.3. The molecule has 124 valence electrons. The molecular weight excluding hydrogens is 297 g/mol. The molecule has 2 rings (SSSR count). The fourth-order valence-corrected chi connectivity index (χ4v) is 3.06. The Morgan fingerprint density at radius 3 is 1.96 bits per heavy atom. The minimum absolute atomic E-state index is 0.449. The van der Waals surface area contributed by atoms with Gasteiger partial charge in [-0.3, -0.25) is 0 Å². The molecule has 23 heavy (non-hydrogen) atoms. The van der Waals surface area contributed by atoms with Crippen molar-refractivity contribution in [3.05, 3.63) is 58.1 Å². The summed E-state index contributed by atoms with van der Waals surface area (Å²) in [6.07, 6.45) is -3.28. The van der Waals surface area contributed by atoms with E-state index in [1.807, 2.05) is 19.9 Å². The molecule has 0 nitrogen and oxygen atoms in total. The summed E-state index contributed by atoms with van der Waals surface area (Å²) in [6, 6.07) is 8.48. The van der Waals surface area contributed by atoms with Gasteiger partial charge in [0.25, 0.3) is 0 Å². The highest BCUT2D eigenvalue weighted by Gasteiger charge is 2.31. The lowest BCUT2D eigenvalue weighted by atomic mass is 9.88. The first-order chi connectivity index (χ1) is 10.6. The predicted molar refractivity (Wildman–Crippen MR) is 89.8 cm³/mol. The summed E-state index contributed by atoms with van der Waals surface area (Å²) in [7, 11) is 0. The maximum Gasteiger partial charge on any atom is 0.416 e. The number of aryl methyl sites for hydroxylation is 3. The minimum atomic E-state index is -4.32. The second-order valence-electron chi connectivity index (χ2n) is 6.42. The van der Waals surface area contributed by atoms with E-state index in [0.29, 0.717) is 17.0 Å². The minimum Gasteiger partial charge on any atom is -0.166 e. The lowest BCUT2D eigenvalue weighted by molar-refractivity contribution is -0.137. The molecule has 0 heterocycles. The van der Waals surface area contributed by atoms with Crippen molar-refractivity contribution >= 4 is 0 Å². The molecule has 0 saturated carbocycles. The van der Waals surface area contributed by atoms with Crippen LogP contribution in [0.3, 0.4) is 0 Å². The smallest absolute Gasteiger partial charge is 0.166 e. The van der Waals surface area contributed by atoms with E-state index in [4.69, 9.17) is 0 Å². The summed E-state index contributed by atoms with van der Waals surface area (Å²) in [4.78, 5) is 0.